The van der Waals surface area contributed by atoms with Crippen molar-refractivity contribution in [1.29, 1.82) is 0 Å². The molecule has 0 aromatic heterocycles. The lowest BCUT2D eigenvalue weighted by molar-refractivity contribution is -0.153. The molecule has 0 bridgehead atoms. The van der Waals surface area contributed by atoms with Gasteiger partial charge in [-0.1, -0.05) is 164 Å². The summed E-state index contributed by atoms with van der Waals surface area (Å²) in [6.45, 7) is 15.1. The van der Waals surface area contributed by atoms with Crippen molar-refractivity contribution >= 4 is 11.8 Å². The van der Waals surface area contributed by atoms with Gasteiger partial charge in [0.2, 0.25) is 11.8 Å². The number of amides is 2. The average molecular weight is 631 g/mol. The minimum atomic E-state index is -0.0777. The van der Waals surface area contributed by atoms with Crippen LogP contribution >= 0.6 is 0 Å². The summed E-state index contributed by atoms with van der Waals surface area (Å²) in [5.74, 6) is 0.248. The van der Waals surface area contributed by atoms with Crippen LogP contribution in [0.4, 0.5) is 0 Å². The summed E-state index contributed by atoms with van der Waals surface area (Å²) in [6.07, 6.45) is 33.5. The maximum atomic E-state index is 14.1. The fourth-order valence-electron chi connectivity index (χ4n) is 9.07. The second-order valence-corrected chi connectivity index (χ2v) is 15.4. The first-order valence-corrected chi connectivity index (χ1v) is 20.5. The van der Waals surface area contributed by atoms with Crippen molar-refractivity contribution in [3.8, 4) is 0 Å². The Balaban J connectivity index is 2.25. The van der Waals surface area contributed by atoms with Gasteiger partial charge in [-0.05, 0) is 57.9 Å². The summed E-state index contributed by atoms with van der Waals surface area (Å²) >= 11 is 0. The van der Waals surface area contributed by atoms with Gasteiger partial charge in [-0.25, -0.2) is 0 Å². The van der Waals surface area contributed by atoms with Gasteiger partial charge in [0.1, 0.15) is 0 Å². The molecular formula is C41H78N2O2. The van der Waals surface area contributed by atoms with E-state index in [0.717, 1.165) is 25.7 Å². The standard InChI is InChI=1S/C41H78N2O2/c1-7-13-19-20-21-22-23-24-25-26-27-36-33-38(44)43(39(36)45)37-34-40(28-14-8-2,29-15-9-3)42(32-18-12-6)41(35-37,30-16-10-4)31-17-11-5/h36-37H,7-35H2,1-6H3. The predicted octanol–water partition coefficient (Wildman–Crippen LogP) is 12.2. The zero-order valence-corrected chi connectivity index (χ0v) is 31.4. The number of rotatable bonds is 27. The first-order valence-electron chi connectivity index (χ1n) is 20.5. The fourth-order valence-corrected chi connectivity index (χ4v) is 9.07. The summed E-state index contributed by atoms with van der Waals surface area (Å²) in [5.41, 5.74) is 0.196. The molecule has 264 valence electrons. The molecule has 0 aromatic carbocycles. The summed E-state index contributed by atoms with van der Waals surface area (Å²) < 4.78 is 0. The van der Waals surface area contributed by atoms with Crippen molar-refractivity contribution in [1.82, 2.24) is 9.80 Å². The van der Waals surface area contributed by atoms with E-state index in [2.05, 4.69) is 46.4 Å². The molecule has 0 spiro atoms. The third-order valence-corrected chi connectivity index (χ3v) is 11.6. The van der Waals surface area contributed by atoms with Crippen molar-refractivity contribution in [2.75, 3.05) is 6.54 Å². The lowest BCUT2D eigenvalue weighted by Gasteiger charge is -2.62. The second kappa shape index (κ2) is 22.6. The number of carbonyl (C=O) groups excluding carboxylic acids is 2. The Morgan fingerprint density at radius 2 is 0.933 bits per heavy atom. The quantitative estimate of drug-likeness (QED) is 0.0669. The van der Waals surface area contributed by atoms with Crippen LogP contribution in [0.2, 0.25) is 0 Å². The van der Waals surface area contributed by atoms with Crippen LogP contribution in [0.15, 0.2) is 0 Å². The number of nitrogens with zero attached hydrogens (tertiary/aromatic N) is 2. The fraction of sp³-hybridized carbons (Fsp3) is 0.951. The second-order valence-electron chi connectivity index (χ2n) is 15.4. The Hall–Kier alpha value is -0.900. The van der Waals surface area contributed by atoms with Gasteiger partial charge in [0.15, 0.2) is 0 Å². The molecule has 1 atom stereocenters. The van der Waals surface area contributed by atoms with E-state index >= 15 is 0 Å². The summed E-state index contributed by atoms with van der Waals surface area (Å²) in [6, 6.07) is 0.0722. The SMILES string of the molecule is CCCCCCCCCCCCC1CC(=O)N(C2CC(CCCC)(CCCC)N(CCCC)C(CCCC)(CCCC)C2)C1=O. The smallest absolute Gasteiger partial charge is 0.233 e. The van der Waals surface area contributed by atoms with E-state index in [9.17, 15) is 9.59 Å². The molecule has 2 rings (SSSR count). The molecule has 2 aliphatic rings. The zero-order valence-electron chi connectivity index (χ0n) is 31.4. The van der Waals surface area contributed by atoms with Gasteiger partial charge in [0.05, 0.1) is 0 Å². The van der Waals surface area contributed by atoms with Gasteiger partial charge in [0.25, 0.3) is 0 Å². The molecule has 0 saturated carbocycles. The molecule has 0 N–H and O–H groups in total. The summed E-state index contributed by atoms with van der Waals surface area (Å²) in [5, 5.41) is 0. The molecule has 45 heavy (non-hydrogen) atoms. The van der Waals surface area contributed by atoms with Crippen LogP contribution in [0.25, 0.3) is 0 Å². The average Bonchev–Trinajstić information content (AvgIpc) is 3.33. The van der Waals surface area contributed by atoms with E-state index in [1.54, 1.807) is 0 Å². The first kappa shape index (κ1) is 40.3. The number of likely N-dealkylation sites (tertiary alicyclic amines) is 2. The molecule has 4 nitrogen and oxygen atoms in total. The van der Waals surface area contributed by atoms with Crippen LogP contribution in [0.1, 0.15) is 221 Å². The minimum absolute atomic E-state index is 0.0722. The molecular weight excluding hydrogens is 552 g/mol. The number of carbonyl (C=O) groups is 2. The Bertz CT molecular complexity index is 748. The Labute approximate surface area is 281 Å². The van der Waals surface area contributed by atoms with Crippen LogP contribution in [-0.4, -0.2) is 45.3 Å². The Kier molecular flexibility index (Phi) is 20.3. The number of imide groups is 1. The largest absolute Gasteiger partial charge is 0.292 e. The van der Waals surface area contributed by atoms with Gasteiger partial charge in [-0.2, -0.15) is 0 Å². The van der Waals surface area contributed by atoms with E-state index in [4.69, 9.17) is 0 Å². The Morgan fingerprint density at radius 3 is 1.36 bits per heavy atom. The van der Waals surface area contributed by atoms with Crippen LogP contribution in [-0.2, 0) is 9.59 Å². The molecule has 2 heterocycles. The lowest BCUT2D eigenvalue weighted by Crippen LogP contribution is -2.69. The molecule has 0 radical (unpaired) electrons. The molecule has 2 fully saturated rings. The van der Waals surface area contributed by atoms with Crippen molar-refractivity contribution in [3.63, 3.8) is 0 Å². The number of piperidine rings is 1. The summed E-state index contributed by atoms with van der Waals surface area (Å²) in [7, 11) is 0. The normalized spacial score (nSPS) is 20.5. The molecule has 4 heteroatoms. The monoisotopic (exact) mass is 631 g/mol. The van der Waals surface area contributed by atoms with Gasteiger partial charge >= 0.3 is 0 Å². The maximum Gasteiger partial charge on any atom is 0.233 e. The van der Waals surface area contributed by atoms with Crippen molar-refractivity contribution < 1.29 is 9.59 Å². The van der Waals surface area contributed by atoms with Crippen LogP contribution in [0, 0.1) is 5.92 Å². The van der Waals surface area contributed by atoms with Gasteiger partial charge in [-0.15, -0.1) is 0 Å². The molecule has 1 unspecified atom stereocenters. The lowest BCUT2D eigenvalue weighted by atomic mass is 9.66. The van der Waals surface area contributed by atoms with E-state index in [-0.39, 0.29) is 34.9 Å². The summed E-state index contributed by atoms with van der Waals surface area (Å²) in [4.78, 5) is 32.8. The highest BCUT2D eigenvalue weighted by molar-refractivity contribution is 6.03. The van der Waals surface area contributed by atoms with Crippen LogP contribution in [0.3, 0.4) is 0 Å². The third kappa shape index (κ3) is 12.2. The van der Waals surface area contributed by atoms with E-state index < -0.39 is 0 Å². The number of unbranched alkanes of at least 4 members (excludes halogenated alkanes) is 14. The minimum Gasteiger partial charge on any atom is -0.292 e. The van der Waals surface area contributed by atoms with E-state index in [0.29, 0.717) is 6.42 Å². The number of hydrogen-bond donors (Lipinski definition) is 0. The molecule has 2 aliphatic heterocycles. The molecule has 2 amide bonds. The Morgan fingerprint density at radius 1 is 0.533 bits per heavy atom. The zero-order chi connectivity index (χ0) is 33.0. The maximum absolute atomic E-state index is 14.1. The topological polar surface area (TPSA) is 40.6 Å². The first-order chi connectivity index (χ1) is 21.9. The predicted molar refractivity (Wildman–Crippen MR) is 195 cm³/mol. The van der Waals surface area contributed by atoms with Crippen LogP contribution < -0.4 is 0 Å². The highest BCUT2D eigenvalue weighted by Gasteiger charge is 2.56. The van der Waals surface area contributed by atoms with Gasteiger partial charge in [-0.3, -0.25) is 19.4 Å². The van der Waals surface area contributed by atoms with Crippen molar-refractivity contribution in [3.05, 3.63) is 0 Å². The number of hydrogen-bond acceptors (Lipinski definition) is 3. The van der Waals surface area contributed by atoms with Gasteiger partial charge in [0, 0.05) is 29.5 Å². The highest BCUT2D eigenvalue weighted by Crippen LogP contribution is 2.51. The molecule has 0 aliphatic carbocycles. The van der Waals surface area contributed by atoms with Crippen molar-refractivity contribution in [2.24, 2.45) is 5.92 Å². The van der Waals surface area contributed by atoms with Gasteiger partial charge < -0.3 is 0 Å². The third-order valence-electron chi connectivity index (χ3n) is 11.6. The highest BCUT2D eigenvalue weighted by atomic mass is 16.2. The van der Waals surface area contributed by atoms with Crippen molar-refractivity contribution in [2.45, 2.75) is 238 Å². The van der Waals surface area contributed by atoms with Crippen LogP contribution in [0.5, 0.6) is 0 Å². The molecule has 0 aromatic rings. The molecule has 2 saturated heterocycles. The van der Waals surface area contributed by atoms with E-state index in [1.807, 2.05) is 4.90 Å². The van der Waals surface area contributed by atoms with E-state index in [1.165, 1.54) is 154 Å².